The first kappa shape index (κ1) is 25.7. The smallest absolute Gasteiger partial charge is 0.387 e. The number of benzene rings is 1. The molecule has 2 N–H and O–H groups in total. The molecule has 1 aliphatic rings. The van der Waals surface area contributed by atoms with E-state index in [0.29, 0.717) is 35.8 Å². The Balaban J connectivity index is 0.00000420. The van der Waals surface area contributed by atoms with Gasteiger partial charge in [0.2, 0.25) is 0 Å². The second-order valence-electron chi connectivity index (χ2n) is 7.39. The lowest BCUT2D eigenvalue weighted by molar-refractivity contribution is -0.0505. The van der Waals surface area contributed by atoms with Crippen LogP contribution in [0.1, 0.15) is 32.3 Å². The molecule has 1 saturated heterocycles. The quantitative estimate of drug-likeness (QED) is 0.308. The molecule has 1 heterocycles. The molecule has 1 aliphatic heterocycles. The number of likely N-dealkylation sites (tertiary alicyclic amines) is 1. The first-order chi connectivity index (χ1) is 13.4. The van der Waals surface area contributed by atoms with Crippen LogP contribution in [0.15, 0.2) is 23.2 Å². The summed E-state index contributed by atoms with van der Waals surface area (Å²) < 4.78 is 35.1. The van der Waals surface area contributed by atoms with E-state index >= 15 is 0 Å². The molecule has 0 atom stereocenters. The maximum atomic E-state index is 12.7. The standard InChI is InChI=1S/C20H32F2N4O2.HI/c1-14(2)13-26-9-7-16(8-10-26)25-20(23-3)24-12-15-5-6-17(27-4)11-18(15)28-19(21)22;/h5-6,11,14,16,19H,7-10,12-13H2,1-4H3,(H2,23,24,25);1H. The Kier molecular flexibility index (Phi) is 11.6. The summed E-state index contributed by atoms with van der Waals surface area (Å²) in [5.74, 6) is 1.89. The Morgan fingerprint density at radius 2 is 1.97 bits per heavy atom. The van der Waals surface area contributed by atoms with Crippen molar-refractivity contribution < 1.29 is 18.3 Å². The summed E-state index contributed by atoms with van der Waals surface area (Å²) in [4.78, 5) is 6.75. The molecular weight excluding hydrogens is 493 g/mol. The first-order valence-electron chi connectivity index (χ1n) is 9.72. The second kappa shape index (κ2) is 13.0. The number of methoxy groups -OCH3 is 1. The van der Waals surface area contributed by atoms with Crippen LogP contribution in [0.5, 0.6) is 11.5 Å². The van der Waals surface area contributed by atoms with Gasteiger partial charge in [-0.2, -0.15) is 8.78 Å². The number of guanidine groups is 1. The second-order valence-corrected chi connectivity index (χ2v) is 7.39. The summed E-state index contributed by atoms with van der Waals surface area (Å²) in [6.45, 7) is 5.17. The van der Waals surface area contributed by atoms with Crippen molar-refractivity contribution in [1.29, 1.82) is 0 Å². The largest absolute Gasteiger partial charge is 0.497 e. The average Bonchev–Trinajstić information content (AvgIpc) is 2.66. The summed E-state index contributed by atoms with van der Waals surface area (Å²) in [5.41, 5.74) is 0.607. The van der Waals surface area contributed by atoms with Crippen molar-refractivity contribution in [2.45, 2.75) is 45.9 Å². The van der Waals surface area contributed by atoms with Crippen LogP contribution in [-0.2, 0) is 6.54 Å². The predicted octanol–water partition coefficient (Wildman–Crippen LogP) is 3.70. The Hall–Kier alpha value is -1.36. The molecule has 0 saturated carbocycles. The van der Waals surface area contributed by atoms with Gasteiger partial charge in [-0.1, -0.05) is 13.8 Å². The van der Waals surface area contributed by atoms with Crippen LogP contribution in [-0.4, -0.2) is 57.3 Å². The highest BCUT2D eigenvalue weighted by atomic mass is 127. The van der Waals surface area contributed by atoms with Crippen LogP contribution in [0.4, 0.5) is 8.78 Å². The van der Waals surface area contributed by atoms with Crippen molar-refractivity contribution in [3.05, 3.63) is 23.8 Å². The van der Waals surface area contributed by atoms with Gasteiger partial charge in [-0.15, -0.1) is 24.0 Å². The highest BCUT2D eigenvalue weighted by molar-refractivity contribution is 14.0. The number of nitrogens with zero attached hydrogens (tertiary/aromatic N) is 2. The minimum atomic E-state index is -2.89. The lowest BCUT2D eigenvalue weighted by Crippen LogP contribution is -2.49. The molecule has 0 amide bonds. The first-order valence-corrected chi connectivity index (χ1v) is 9.72. The number of ether oxygens (including phenoxy) is 2. The van der Waals surface area contributed by atoms with Gasteiger partial charge in [-0.3, -0.25) is 4.99 Å². The minimum Gasteiger partial charge on any atom is -0.497 e. The van der Waals surface area contributed by atoms with Gasteiger partial charge in [0.05, 0.1) is 7.11 Å². The van der Waals surface area contributed by atoms with E-state index in [0.717, 1.165) is 32.5 Å². The predicted molar refractivity (Wildman–Crippen MR) is 123 cm³/mol. The van der Waals surface area contributed by atoms with E-state index in [4.69, 9.17) is 4.74 Å². The third kappa shape index (κ3) is 8.90. The van der Waals surface area contributed by atoms with E-state index in [-0.39, 0.29) is 29.7 Å². The molecule has 0 bridgehead atoms. The Morgan fingerprint density at radius 1 is 1.28 bits per heavy atom. The lowest BCUT2D eigenvalue weighted by atomic mass is 10.0. The maximum absolute atomic E-state index is 12.7. The summed E-state index contributed by atoms with van der Waals surface area (Å²) in [7, 11) is 3.19. The maximum Gasteiger partial charge on any atom is 0.387 e. The van der Waals surface area contributed by atoms with E-state index < -0.39 is 6.61 Å². The van der Waals surface area contributed by atoms with E-state index in [1.807, 2.05) is 0 Å². The van der Waals surface area contributed by atoms with Crippen LogP contribution in [0.3, 0.4) is 0 Å². The number of hydrogen-bond acceptors (Lipinski definition) is 4. The number of alkyl halides is 2. The molecule has 166 valence electrons. The zero-order valence-corrected chi connectivity index (χ0v) is 19.9. The summed E-state index contributed by atoms with van der Waals surface area (Å²) in [5, 5.41) is 6.62. The molecule has 0 spiro atoms. The zero-order chi connectivity index (χ0) is 20.5. The number of hydrogen-bond donors (Lipinski definition) is 2. The van der Waals surface area contributed by atoms with Crippen molar-refractivity contribution in [1.82, 2.24) is 15.5 Å². The van der Waals surface area contributed by atoms with Gasteiger partial charge in [0.25, 0.3) is 0 Å². The fourth-order valence-electron chi connectivity index (χ4n) is 3.36. The molecule has 1 aromatic carbocycles. The third-order valence-corrected chi connectivity index (χ3v) is 4.71. The SMILES string of the molecule is CN=C(NCc1ccc(OC)cc1OC(F)F)NC1CCN(CC(C)C)CC1.I. The van der Waals surface area contributed by atoms with Gasteiger partial charge in [0.1, 0.15) is 11.5 Å². The molecule has 0 unspecified atom stereocenters. The molecule has 6 nitrogen and oxygen atoms in total. The summed E-state index contributed by atoms with van der Waals surface area (Å²) >= 11 is 0. The number of rotatable bonds is 8. The molecule has 1 fully saturated rings. The molecule has 29 heavy (non-hydrogen) atoms. The van der Waals surface area contributed by atoms with Gasteiger partial charge in [0.15, 0.2) is 5.96 Å². The lowest BCUT2D eigenvalue weighted by Gasteiger charge is -2.34. The number of aliphatic imine (C=N–C) groups is 1. The van der Waals surface area contributed by atoms with Crippen LogP contribution >= 0.6 is 24.0 Å². The molecule has 2 rings (SSSR count). The topological polar surface area (TPSA) is 58.1 Å². The van der Waals surface area contributed by atoms with E-state index in [9.17, 15) is 8.78 Å². The van der Waals surface area contributed by atoms with Crippen LogP contribution in [0.25, 0.3) is 0 Å². The Bertz CT molecular complexity index is 639. The van der Waals surface area contributed by atoms with E-state index in [1.165, 1.54) is 13.2 Å². The van der Waals surface area contributed by atoms with Crippen molar-refractivity contribution in [3.8, 4) is 11.5 Å². The van der Waals surface area contributed by atoms with Crippen molar-refractivity contribution in [3.63, 3.8) is 0 Å². The average molecular weight is 526 g/mol. The summed E-state index contributed by atoms with van der Waals surface area (Å²) in [6, 6.07) is 5.24. The fraction of sp³-hybridized carbons (Fsp3) is 0.650. The highest BCUT2D eigenvalue weighted by Crippen LogP contribution is 2.26. The molecule has 0 radical (unpaired) electrons. The minimum absolute atomic E-state index is 0. The normalized spacial score (nSPS) is 15.9. The van der Waals surface area contributed by atoms with Crippen molar-refractivity contribution in [2.75, 3.05) is 33.8 Å². The fourth-order valence-corrected chi connectivity index (χ4v) is 3.36. The Morgan fingerprint density at radius 3 is 2.52 bits per heavy atom. The molecule has 0 aromatic heterocycles. The molecule has 0 aliphatic carbocycles. The summed E-state index contributed by atoms with van der Waals surface area (Å²) in [6.07, 6.45) is 2.10. The molecule has 1 aromatic rings. The van der Waals surface area contributed by atoms with Gasteiger partial charge >= 0.3 is 6.61 Å². The number of nitrogens with one attached hydrogen (secondary N) is 2. The van der Waals surface area contributed by atoms with Gasteiger partial charge in [-0.25, -0.2) is 0 Å². The van der Waals surface area contributed by atoms with Crippen molar-refractivity contribution >= 4 is 29.9 Å². The van der Waals surface area contributed by atoms with Crippen LogP contribution in [0, 0.1) is 5.92 Å². The molecular formula is C20H33F2IN4O2. The van der Waals surface area contributed by atoms with Gasteiger partial charge in [0, 0.05) is 50.9 Å². The zero-order valence-electron chi connectivity index (χ0n) is 17.6. The van der Waals surface area contributed by atoms with Crippen LogP contribution < -0.4 is 20.1 Å². The third-order valence-electron chi connectivity index (χ3n) is 4.71. The van der Waals surface area contributed by atoms with Gasteiger partial charge in [-0.05, 0) is 30.9 Å². The van der Waals surface area contributed by atoms with E-state index in [1.54, 1.807) is 19.2 Å². The number of halogens is 3. The molecule has 9 heteroatoms. The Labute approximate surface area is 189 Å². The highest BCUT2D eigenvalue weighted by Gasteiger charge is 2.20. The van der Waals surface area contributed by atoms with Crippen molar-refractivity contribution in [2.24, 2.45) is 10.9 Å². The van der Waals surface area contributed by atoms with Gasteiger partial charge < -0.3 is 25.0 Å². The monoisotopic (exact) mass is 526 g/mol. The number of piperidine rings is 1. The van der Waals surface area contributed by atoms with E-state index in [2.05, 4.69) is 39.1 Å². The van der Waals surface area contributed by atoms with Crippen LogP contribution in [0.2, 0.25) is 0 Å².